The normalized spacial score (nSPS) is 14.1. The summed E-state index contributed by atoms with van der Waals surface area (Å²) in [5, 5.41) is 19.5. The Hall–Kier alpha value is -2.94. The van der Waals surface area contributed by atoms with Crippen LogP contribution < -0.4 is 10.4 Å². The zero-order chi connectivity index (χ0) is 23.0. The molecule has 0 saturated carbocycles. The van der Waals surface area contributed by atoms with E-state index < -0.39 is 0 Å². The van der Waals surface area contributed by atoms with Gasteiger partial charge in [-0.2, -0.15) is 0 Å². The minimum atomic E-state index is -0.00943. The van der Waals surface area contributed by atoms with E-state index in [0.717, 1.165) is 79.7 Å². The van der Waals surface area contributed by atoms with Gasteiger partial charge in [-0.3, -0.25) is 10.7 Å². The molecule has 3 N–H and O–H groups in total. The number of benzene rings is 1. The van der Waals surface area contributed by atoms with Crippen molar-refractivity contribution in [2.24, 2.45) is 0 Å². The highest BCUT2D eigenvalue weighted by Crippen LogP contribution is 2.29. The van der Waals surface area contributed by atoms with E-state index in [1.54, 1.807) is 0 Å². The van der Waals surface area contributed by atoms with Crippen molar-refractivity contribution in [2.75, 3.05) is 31.2 Å². The zero-order valence-corrected chi connectivity index (χ0v) is 19.0. The summed E-state index contributed by atoms with van der Waals surface area (Å²) in [5.41, 5.74) is 5.47. The maximum Gasteiger partial charge on any atom is 0.163 e. The number of unbranched alkanes of at least 4 members (excludes halogenated alkanes) is 3. The summed E-state index contributed by atoms with van der Waals surface area (Å²) in [4.78, 5) is 12.2. The number of fused-ring (bicyclic) bond motifs is 1. The smallest absolute Gasteiger partial charge is 0.163 e. The molecule has 8 nitrogen and oxygen atoms in total. The molecule has 0 bridgehead atoms. The third-order valence-electron chi connectivity index (χ3n) is 6.06. The van der Waals surface area contributed by atoms with Gasteiger partial charge < -0.3 is 19.3 Å². The Kier molecular flexibility index (Phi) is 7.93. The van der Waals surface area contributed by atoms with Crippen LogP contribution in [0.25, 0.3) is 22.4 Å². The number of nitrogens with zero attached hydrogens (tertiary/aromatic N) is 4. The molecule has 0 aliphatic carbocycles. The van der Waals surface area contributed by atoms with E-state index in [4.69, 9.17) is 19.9 Å². The molecule has 1 aromatic carbocycles. The lowest BCUT2D eigenvalue weighted by molar-refractivity contribution is 0.122. The number of morpholine rings is 1. The van der Waals surface area contributed by atoms with Crippen molar-refractivity contribution in [3.05, 3.63) is 54.4 Å². The Morgan fingerprint density at radius 3 is 2.70 bits per heavy atom. The molecule has 0 atom stereocenters. The Balaban J connectivity index is 1.57. The van der Waals surface area contributed by atoms with Gasteiger partial charge in [-0.1, -0.05) is 37.6 Å². The van der Waals surface area contributed by atoms with Gasteiger partial charge in [-0.15, -0.1) is 0 Å². The predicted molar refractivity (Wildman–Crippen MR) is 129 cm³/mol. The third kappa shape index (κ3) is 5.71. The Morgan fingerprint density at radius 1 is 1.09 bits per heavy atom. The number of nitrogens with one attached hydrogen (secondary N) is 1. The lowest BCUT2D eigenvalue weighted by Crippen LogP contribution is -2.37. The van der Waals surface area contributed by atoms with E-state index in [-0.39, 0.29) is 6.61 Å². The molecule has 1 aliphatic heterocycles. The van der Waals surface area contributed by atoms with Crippen molar-refractivity contribution in [1.29, 1.82) is 0 Å². The molecule has 0 radical (unpaired) electrons. The minimum Gasteiger partial charge on any atom is -0.392 e. The number of hydrogen-bond acceptors (Lipinski definition) is 7. The molecule has 1 fully saturated rings. The van der Waals surface area contributed by atoms with Crippen LogP contribution >= 0.6 is 0 Å². The van der Waals surface area contributed by atoms with Crippen molar-refractivity contribution in [3.8, 4) is 11.4 Å². The van der Waals surface area contributed by atoms with Gasteiger partial charge in [-0.25, -0.2) is 9.97 Å². The summed E-state index contributed by atoms with van der Waals surface area (Å²) < 4.78 is 7.77. The first-order chi connectivity index (χ1) is 16.2. The van der Waals surface area contributed by atoms with Crippen molar-refractivity contribution in [1.82, 2.24) is 20.0 Å². The lowest BCUT2D eigenvalue weighted by atomic mass is 10.1. The fourth-order valence-corrected chi connectivity index (χ4v) is 4.21. The van der Waals surface area contributed by atoms with E-state index in [1.807, 2.05) is 24.3 Å². The predicted octanol–water partition coefficient (Wildman–Crippen LogP) is 3.87. The number of allylic oxidation sites excluding steroid dienone is 1. The van der Waals surface area contributed by atoms with Crippen LogP contribution in [-0.4, -0.2) is 51.2 Å². The average Bonchev–Trinajstić information content (AvgIpc) is 3.28. The SMILES string of the molecule is C=C(CCCCCCn1ccc2c(N3CCOCC3)nc(-c3cccc(CO)c3)nc21)NO. The van der Waals surface area contributed by atoms with Gasteiger partial charge >= 0.3 is 0 Å². The highest BCUT2D eigenvalue weighted by molar-refractivity contribution is 5.90. The van der Waals surface area contributed by atoms with Gasteiger partial charge in [0, 0.05) is 37.1 Å². The van der Waals surface area contributed by atoms with E-state index in [1.165, 1.54) is 0 Å². The van der Waals surface area contributed by atoms with Gasteiger partial charge in [-0.05, 0) is 37.0 Å². The molecule has 3 heterocycles. The van der Waals surface area contributed by atoms with Gasteiger partial charge in [0.25, 0.3) is 0 Å². The second-order valence-corrected chi connectivity index (χ2v) is 8.45. The number of hydrogen-bond donors (Lipinski definition) is 3. The zero-order valence-electron chi connectivity index (χ0n) is 19.0. The number of aliphatic hydroxyl groups excluding tert-OH is 1. The highest BCUT2D eigenvalue weighted by atomic mass is 16.5. The summed E-state index contributed by atoms with van der Waals surface area (Å²) in [6.45, 7) is 7.63. The molecule has 33 heavy (non-hydrogen) atoms. The first-order valence-electron chi connectivity index (χ1n) is 11.7. The molecule has 0 spiro atoms. The second kappa shape index (κ2) is 11.3. The number of rotatable bonds is 11. The third-order valence-corrected chi connectivity index (χ3v) is 6.06. The van der Waals surface area contributed by atoms with Crippen LogP contribution in [0.5, 0.6) is 0 Å². The Bertz CT molecular complexity index is 1080. The van der Waals surface area contributed by atoms with E-state index >= 15 is 0 Å². The van der Waals surface area contributed by atoms with Gasteiger partial charge in [0.15, 0.2) is 5.82 Å². The van der Waals surface area contributed by atoms with Crippen molar-refractivity contribution < 1.29 is 15.1 Å². The van der Waals surface area contributed by atoms with Crippen molar-refractivity contribution in [3.63, 3.8) is 0 Å². The van der Waals surface area contributed by atoms with Crippen molar-refractivity contribution >= 4 is 16.9 Å². The molecular formula is C25H33N5O3. The topological polar surface area (TPSA) is 95.7 Å². The van der Waals surface area contributed by atoms with Crippen LogP contribution in [0.15, 0.2) is 48.8 Å². The molecule has 2 aromatic heterocycles. The molecule has 176 valence electrons. The number of ether oxygens (including phenoxy) is 1. The van der Waals surface area contributed by atoms with Gasteiger partial charge in [0.2, 0.25) is 0 Å². The molecule has 4 rings (SSSR count). The van der Waals surface area contributed by atoms with E-state index in [0.29, 0.717) is 24.7 Å². The maximum absolute atomic E-state index is 9.57. The number of hydroxylamine groups is 1. The summed E-state index contributed by atoms with van der Waals surface area (Å²) in [6, 6.07) is 9.89. The Labute approximate surface area is 194 Å². The first kappa shape index (κ1) is 23.2. The van der Waals surface area contributed by atoms with E-state index in [9.17, 15) is 5.11 Å². The molecule has 0 unspecified atom stereocenters. The fraction of sp³-hybridized carbons (Fsp3) is 0.440. The summed E-state index contributed by atoms with van der Waals surface area (Å²) in [7, 11) is 0. The van der Waals surface area contributed by atoms with Crippen LogP contribution in [0, 0.1) is 0 Å². The molecule has 1 saturated heterocycles. The second-order valence-electron chi connectivity index (χ2n) is 8.45. The largest absolute Gasteiger partial charge is 0.392 e. The number of aliphatic hydroxyl groups is 1. The van der Waals surface area contributed by atoms with Crippen LogP contribution in [0.2, 0.25) is 0 Å². The minimum absolute atomic E-state index is 0.00943. The van der Waals surface area contributed by atoms with Gasteiger partial charge in [0.1, 0.15) is 11.5 Å². The fourth-order valence-electron chi connectivity index (χ4n) is 4.21. The van der Waals surface area contributed by atoms with Crippen LogP contribution in [0.3, 0.4) is 0 Å². The molecule has 1 aliphatic rings. The molecule has 0 amide bonds. The summed E-state index contributed by atoms with van der Waals surface area (Å²) >= 11 is 0. The Morgan fingerprint density at radius 2 is 1.91 bits per heavy atom. The van der Waals surface area contributed by atoms with Crippen molar-refractivity contribution in [2.45, 2.75) is 45.3 Å². The van der Waals surface area contributed by atoms with Gasteiger partial charge in [0.05, 0.1) is 25.2 Å². The maximum atomic E-state index is 9.57. The van der Waals surface area contributed by atoms with Crippen LogP contribution in [-0.2, 0) is 17.9 Å². The summed E-state index contributed by atoms with van der Waals surface area (Å²) in [5.74, 6) is 1.62. The highest BCUT2D eigenvalue weighted by Gasteiger charge is 2.20. The number of aryl methyl sites for hydroxylation is 1. The average molecular weight is 452 g/mol. The monoisotopic (exact) mass is 451 g/mol. The molecule has 3 aromatic rings. The lowest BCUT2D eigenvalue weighted by Gasteiger charge is -2.28. The summed E-state index contributed by atoms with van der Waals surface area (Å²) in [6.07, 6.45) is 7.14. The van der Waals surface area contributed by atoms with Crippen LogP contribution in [0.4, 0.5) is 5.82 Å². The van der Waals surface area contributed by atoms with Crippen LogP contribution in [0.1, 0.15) is 37.7 Å². The standard InChI is InChI=1S/C25H33N5O3/c1-19(28-32)7-4-2-3-5-11-29-12-10-22-24(29)26-23(21-9-6-8-20(17-21)18-31)27-25(22)30-13-15-33-16-14-30/h6,8-10,12,17,28,31-32H,1-5,7,11,13-16,18H2. The van der Waals surface area contributed by atoms with E-state index in [2.05, 4.69) is 33.8 Å². The number of anilines is 1. The quantitative estimate of drug-likeness (QED) is 0.301. The molecular weight excluding hydrogens is 418 g/mol. The first-order valence-corrected chi connectivity index (χ1v) is 11.7. The number of aromatic nitrogens is 3. The molecule has 8 heteroatoms.